The van der Waals surface area contributed by atoms with Crippen LogP contribution >= 0.6 is 61.2 Å². The van der Waals surface area contributed by atoms with E-state index in [1.807, 2.05) is 53.9 Å². The van der Waals surface area contributed by atoms with E-state index in [0.29, 0.717) is 30.1 Å². The summed E-state index contributed by atoms with van der Waals surface area (Å²) in [6, 6.07) is 14.5. The van der Waals surface area contributed by atoms with Crippen LogP contribution in [0.3, 0.4) is 0 Å². The molecule has 0 N–H and O–H groups in total. The topological polar surface area (TPSA) is 73.8 Å². The molecule has 0 amide bonds. The number of benzene rings is 1. The Morgan fingerprint density at radius 3 is 2.74 bits per heavy atom. The van der Waals surface area contributed by atoms with Crippen molar-refractivity contribution in [3.8, 4) is 0 Å². The van der Waals surface area contributed by atoms with E-state index < -0.39 is 12.0 Å². The Kier molecular flexibility index (Phi) is 6.74. The molecule has 10 heteroatoms. The number of thiazole rings is 1. The SMILES string of the molecule is CCOC(=O)C1=C(c2ccccc2)N=c2s/c(=C/c3cc(Br)c(I)o3)c(=O)n2[C@@H]1c1cccs1. The fourth-order valence-corrected chi connectivity index (χ4v) is 6.24. The minimum atomic E-state index is -0.642. The zero-order valence-corrected chi connectivity index (χ0v) is 23.0. The Morgan fingerprint density at radius 1 is 1.29 bits per heavy atom. The number of hydrogen-bond donors (Lipinski definition) is 0. The van der Waals surface area contributed by atoms with Gasteiger partial charge in [0, 0.05) is 39.1 Å². The first-order chi connectivity index (χ1) is 16.5. The molecule has 1 atom stereocenters. The lowest BCUT2D eigenvalue weighted by Crippen LogP contribution is -2.39. The third-order valence-electron chi connectivity index (χ3n) is 5.12. The van der Waals surface area contributed by atoms with Crippen LogP contribution < -0.4 is 14.9 Å². The summed E-state index contributed by atoms with van der Waals surface area (Å²) in [6.07, 6.45) is 1.71. The molecule has 1 aromatic carbocycles. The molecule has 34 heavy (non-hydrogen) atoms. The second-order valence-electron chi connectivity index (χ2n) is 7.22. The molecule has 0 saturated heterocycles. The predicted molar refractivity (Wildman–Crippen MR) is 145 cm³/mol. The summed E-state index contributed by atoms with van der Waals surface area (Å²) in [6.45, 7) is 1.98. The van der Waals surface area contributed by atoms with E-state index in [1.54, 1.807) is 17.6 Å². The van der Waals surface area contributed by atoms with Crippen LogP contribution in [0.2, 0.25) is 0 Å². The fraction of sp³-hybridized carbons (Fsp3) is 0.125. The maximum absolute atomic E-state index is 13.6. The van der Waals surface area contributed by atoms with Crippen molar-refractivity contribution in [3.63, 3.8) is 0 Å². The molecular weight excluding hydrogens is 651 g/mol. The normalized spacial score (nSPS) is 15.9. The fourth-order valence-electron chi connectivity index (χ4n) is 3.72. The van der Waals surface area contributed by atoms with Gasteiger partial charge in [0.15, 0.2) is 8.57 Å². The van der Waals surface area contributed by atoms with Gasteiger partial charge in [-0.25, -0.2) is 9.79 Å². The third-order valence-corrected chi connectivity index (χ3v) is 9.16. The maximum atomic E-state index is 13.6. The monoisotopic (exact) mass is 666 g/mol. The highest BCUT2D eigenvalue weighted by Gasteiger charge is 2.35. The number of hydrogen-bond acceptors (Lipinski definition) is 7. The second kappa shape index (κ2) is 9.76. The zero-order chi connectivity index (χ0) is 23.8. The first-order valence-corrected chi connectivity index (χ1v) is 13.8. The largest absolute Gasteiger partial charge is 0.463 e. The summed E-state index contributed by atoms with van der Waals surface area (Å²) in [7, 11) is 0. The van der Waals surface area contributed by atoms with Crippen LogP contribution in [0.15, 0.2) is 78.2 Å². The van der Waals surface area contributed by atoms with Crippen molar-refractivity contribution in [2.75, 3.05) is 6.61 Å². The lowest BCUT2D eigenvalue weighted by molar-refractivity contribution is -0.138. The Balaban J connectivity index is 1.81. The quantitative estimate of drug-likeness (QED) is 0.223. The summed E-state index contributed by atoms with van der Waals surface area (Å²) in [5, 5.41) is 1.93. The minimum absolute atomic E-state index is 0.220. The van der Waals surface area contributed by atoms with Crippen molar-refractivity contribution in [3.05, 3.63) is 104 Å². The summed E-state index contributed by atoms with van der Waals surface area (Å²) in [4.78, 5) is 33.1. The number of carbonyl (C=O) groups is 1. The highest BCUT2D eigenvalue weighted by atomic mass is 127. The smallest absolute Gasteiger partial charge is 0.338 e. The molecule has 0 radical (unpaired) electrons. The predicted octanol–water partition coefficient (Wildman–Crippen LogP) is 4.96. The van der Waals surface area contributed by atoms with Gasteiger partial charge in [0.1, 0.15) is 11.8 Å². The molecule has 3 aromatic heterocycles. The maximum Gasteiger partial charge on any atom is 0.338 e. The molecule has 0 saturated carbocycles. The molecule has 0 bridgehead atoms. The molecular formula is C24H16BrIN2O4S2. The first kappa shape index (κ1) is 23.5. The third kappa shape index (κ3) is 4.28. The van der Waals surface area contributed by atoms with Crippen LogP contribution in [0.25, 0.3) is 11.8 Å². The summed E-state index contributed by atoms with van der Waals surface area (Å²) < 4.78 is 14.7. The van der Waals surface area contributed by atoms with Crippen molar-refractivity contribution in [2.45, 2.75) is 13.0 Å². The molecule has 172 valence electrons. The van der Waals surface area contributed by atoms with E-state index in [9.17, 15) is 9.59 Å². The summed E-state index contributed by atoms with van der Waals surface area (Å²) in [5.41, 5.74) is 1.41. The Labute approximate surface area is 224 Å². The number of furan rings is 1. The van der Waals surface area contributed by atoms with E-state index >= 15 is 0 Å². The van der Waals surface area contributed by atoms with E-state index in [0.717, 1.165) is 14.9 Å². The average molecular weight is 667 g/mol. The number of carbonyl (C=O) groups excluding carboxylic acids is 1. The number of esters is 1. The summed E-state index contributed by atoms with van der Waals surface area (Å²) in [5.74, 6) is 0.0735. The molecule has 0 unspecified atom stereocenters. The Morgan fingerprint density at radius 2 is 2.09 bits per heavy atom. The van der Waals surface area contributed by atoms with Gasteiger partial charge in [-0.05, 0) is 40.4 Å². The van der Waals surface area contributed by atoms with Crippen LogP contribution in [-0.2, 0) is 9.53 Å². The second-order valence-corrected chi connectivity index (χ2v) is 11.0. The van der Waals surface area contributed by atoms with E-state index in [1.165, 1.54) is 22.7 Å². The highest BCUT2D eigenvalue weighted by Crippen LogP contribution is 2.36. The Hall–Kier alpha value is -2.28. The zero-order valence-electron chi connectivity index (χ0n) is 17.7. The molecule has 0 aliphatic carbocycles. The van der Waals surface area contributed by atoms with Gasteiger partial charge in [-0.2, -0.15) is 0 Å². The van der Waals surface area contributed by atoms with Gasteiger partial charge in [-0.3, -0.25) is 9.36 Å². The number of fused-ring (bicyclic) bond motifs is 1. The number of halogens is 2. The average Bonchev–Trinajstić information content (AvgIpc) is 3.54. The summed E-state index contributed by atoms with van der Waals surface area (Å²) >= 11 is 8.27. The lowest BCUT2D eigenvalue weighted by Gasteiger charge is -2.24. The molecule has 6 nitrogen and oxygen atoms in total. The van der Waals surface area contributed by atoms with Crippen molar-refractivity contribution in [2.24, 2.45) is 4.99 Å². The van der Waals surface area contributed by atoms with Crippen molar-refractivity contribution >= 4 is 78.9 Å². The number of thiophene rings is 1. The van der Waals surface area contributed by atoms with Gasteiger partial charge in [-0.1, -0.05) is 47.7 Å². The molecule has 0 spiro atoms. The van der Waals surface area contributed by atoms with Crippen LogP contribution in [-0.4, -0.2) is 17.1 Å². The number of aromatic nitrogens is 1. The number of ether oxygens (including phenoxy) is 1. The van der Waals surface area contributed by atoms with Crippen LogP contribution in [0.4, 0.5) is 0 Å². The van der Waals surface area contributed by atoms with Gasteiger partial charge in [0.2, 0.25) is 0 Å². The van der Waals surface area contributed by atoms with Crippen LogP contribution in [0, 0.1) is 3.77 Å². The van der Waals surface area contributed by atoms with Gasteiger partial charge in [0.05, 0.1) is 26.9 Å². The highest BCUT2D eigenvalue weighted by molar-refractivity contribution is 14.1. The van der Waals surface area contributed by atoms with Gasteiger partial charge in [-0.15, -0.1) is 11.3 Å². The number of nitrogens with zero attached hydrogens (tertiary/aromatic N) is 2. The lowest BCUT2D eigenvalue weighted by atomic mass is 9.97. The van der Waals surface area contributed by atoms with E-state index in [4.69, 9.17) is 14.1 Å². The van der Waals surface area contributed by atoms with E-state index in [-0.39, 0.29) is 12.2 Å². The molecule has 4 aromatic rings. The van der Waals surface area contributed by atoms with Gasteiger partial charge < -0.3 is 9.15 Å². The molecule has 5 rings (SSSR count). The van der Waals surface area contributed by atoms with Crippen molar-refractivity contribution in [1.29, 1.82) is 0 Å². The van der Waals surface area contributed by atoms with Crippen LogP contribution in [0.5, 0.6) is 0 Å². The number of rotatable bonds is 5. The van der Waals surface area contributed by atoms with Gasteiger partial charge >= 0.3 is 5.97 Å². The molecule has 0 fully saturated rings. The Bertz CT molecular complexity index is 1560. The molecule has 1 aliphatic heterocycles. The van der Waals surface area contributed by atoms with E-state index in [2.05, 4.69) is 38.5 Å². The van der Waals surface area contributed by atoms with Gasteiger partial charge in [0.25, 0.3) is 5.56 Å². The first-order valence-electron chi connectivity index (χ1n) is 10.2. The standard InChI is InChI=1S/C24H16BrIN2O4S2/c1-2-31-23(30)18-19(13-7-4-3-5-8-13)27-24-28(20(18)16-9-6-10-33-16)22(29)17(34-24)12-14-11-15(25)21(26)32-14/h3-12,20H,2H2,1H3/b17-12+/t20-/m1/s1. The molecule has 4 heterocycles. The van der Waals surface area contributed by atoms with Crippen LogP contribution in [0.1, 0.15) is 29.2 Å². The van der Waals surface area contributed by atoms with Crippen molar-refractivity contribution in [1.82, 2.24) is 4.57 Å². The molecule has 1 aliphatic rings. The van der Waals surface area contributed by atoms with Crippen molar-refractivity contribution < 1.29 is 13.9 Å². The minimum Gasteiger partial charge on any atom is -0.463 e.